The number of hydrogen-bond acceptors (Lipinski definition) is 0. The molecule has 0 aromatic rings. The average Bonchev–Trinajstić information content (AvgIpc) is 2.41. The van der Waals surface area contributed by atoms with Crippen molar-refractivity contribution in [3.05, 3.63) is 0 Å². The first-order valence-corrected chi connectivity index (χ1v) is 6.24. The van der Waals surface area contributed by atoms with Crippen molar-refractivity contribution in [2.24, 2.45) is 17.8 Å². The van der Waals surface area contributed by atoms with E-state index < -0.39 is 0 Å². The lowest BCUT2D eigenvalue weighted by Crippen LogP contribution is -2.14. The molecule has 1 aliphatic rings. The predicted octanol–water partition coefficient (Wildman–Crippen LogP) is 3.28. The highest BCUT2D eigenvalue weighted by atomic mass is 14.4. The van der Waals surface area contributed by atoms with E-state index in [-0.39, 0.29) is 0 Å². The maximum absolute atomic E-state index is 2.46. The smallest absolute Gasteiger partial charge is 0.0664 e. The molecule has 0 amide bonds. The zero-order chi connectivity index (χ0) is 9.84. The van der Waals surface area contributed by atoms with Crippen LogP contribution in [-0.4, -0.2) is 7.85 Å². The molecule has 1 rings (SSSR count). The molecule has 13 heavy (non-hydrogen) atoms. The molecule has 1 saturated carbocycles. The lowest BCUT2D eigenvalue weighted by atomic mass is 9.74. The van der Waals surface area contributed by atoms with E-state index >= 15 is 0 Å². The van der Waals surface area contributed by atoms with Gasteiger partial charge in [0.2, 0.25) is 0 Å². The second-order valence-corrected chi connectivity index (χ2v) is 4.91. The van der Waals surface area contributed by atoms with Crippen LogP contribution in [0.15, 0.2) is 0 Å². The Morgan fingerprint density at radius 1 is 1.08 bits per heavy atom. The first-order chi connectivity index (χ1) is 6.24. The molecule has 0 saturated heterocycles. The quantitative estimate of drug-likeness (QED) is 0.582. The molecule has 4 unspecified atom stereocenters. The molecule has 0 aromatic heterocycles. The van der Waals surface area contributed by atoms with E-state index in [0.29, 0.717) is 0 Å². The van der Waals surface area contributed by atoms with Crippen LogP contribution in [-0.2, 0) is 0 Å². The van der Waals surface area contributed by atoms with Gasteiger partial charge in [-0.3, -0.25) is 0 Å². The van der Waals surface area contributed by atoms with Crippen LogP contribution in [0.25, 0.3) is 0 Å². The Hall–Kier alpha value is 0.0649. The highest BCUT2D eigenvalue weighted by molar-refractivity contribution is 6.12. The van der Waals surface area contributed by atoms with E-state index in [0.717, 1.165) is 23.6 Å². The fraction of sp³-hybridized carbons (Fsp3) is 1.00. The summed E-state index contributed by atoms with van der Waals surface area (Å²) in [6, 6.07) is 0. The van der Waals surface area contributed by atoms with Crippen LogP contribution in [0.3, 0.4) is 0 Å². The highest BCUT2D eigenvalue weighted by Gasteiger charge is 2.37. The molecule has 0 aromatic carbocycles. The maximum atomic E-state index is 2.46. The van der Waals surface area contributed by atoms with Crippen LogP contribution in [0.4, 0.5) is 0 Å². The third kappa shape index (κ3) is 2.30. The topological polar surface area (TPSA) is 0 Å². The molecule has 1 heteroatoms. The lowest BCUT2D eigenvalue weighted by molar-refractivity contribution is 0.281. The Morgan fingerprint density at radius 2 is 1.69 bits per heavy atom. The van der Waals surface area contributed by atoms with Gasteiger partial charge in [0.05, 0.1) is 0 Å². The molecule has 76 valence electrons. The van der Waals surface area contributed by atoms with Crippen molar-refractivity contribution < 1.29 is 0 Å². The van der Waals surface area contributed by atoms with Crippen molar-refractivity contribution in [1.82, 2.24) is 0 Å². The van der Waals surface area contributed by atoms with Crippen molar-refractivity contribution in [1.29, 1.82) is 0 Å². The summed E-state index contributed by atoms with van der Waals surface area (Å²) in [6.07, 6.45) is 7.17. The van der Waals surface area contributed by atoms with E-state index in [1.54, 1.807) is 0 Å². The summed E-state index contributed by atoms with van der Waals surface area (Å²) in [6.45, 7) is 7.09. The second kappa shape index (κ2) is 5.07. The van der Waals surface area contributed by atoms with Crippen molar-refractivity contribution in [3.63, 3.8) is 0 Å². The standard InChI is InChI=1S/C12H25B/c1-4-7-9-8-12(13)11(6-3)10(9)5-2/h9-12H,4-8,13H2,1-3H3. The molecule has 0 aliphatic heterocycles. The third-order valence-electron chi connectivity index (χ3n) is 4.16. The zero-order valence-electron chi connectivity index (χ0n) is 9.84. The zero-order valence-corrected chi connectivity index (χ0v) is 9.84. The first-order valence-electron chi connectivity index (χ1n) is 6.24. The van der Waals surface area contributed by atoms with E-state index in [1.807, 2.05) is 0 Å². The van der Waals surface area contributed by atoms with Crippen LogP contribution in [0.1, 0.15) is 52.9 Å². The highest BCUT2D eigenvalue weighted by Crippen LogP contribution is 2.48. The molecular weight excluding hydrogens is 155 g/mol. The van der Waals surface area contributed by atoms with Crippen molar-refractivity contribution in [2.75, 3.05) is 0 Å². The molecule has 0 heterocycles. The van der Waals surface area contributed by atoms with Gasteiger partial charge in [0.25, 0.3) is 0 Å². The minimum absolute atomic E-state index is 0.992. The molecule has 1 fully saturated rings. The van der Waals surface area contributed by atoms with Crippen LogP contribution >= 0.6 is 0 Å². The Morgan fingerprint density at radius 3 is 2.15 bits per heavy atom. The summed E-state index contributed by atoms with van der Waals surface area (Å²) in [7, 11) is 2.46. The Balaban J connectivity index is 2.57. The van der Waals surface area contributed by atoms with Gasteiger partial charge in [0.1, 0.15) is 7.85 Å². The van der Waals surface area contributed by atoms with Gasteiger partial charge in [-0.25, -0.2) is 0 Å². The molecular formula is C12H25B. The largest absolute Gasteiger partial charge is 0.105 e. The fourth-order valence-electron chi connectivity index (χ4n) is 3.64. The van der Waals surface area contributed by atoms with Gasteiger partial charge < -0.3 is 0 Å². The van der Waals surface area contributed by atoms with Crippen molar-refractivity contribution >= 4 is 7.85 Å². The van der Waals surface area contributed by atoms with Crippen LogP contribution in [0, 0.1) is 17.8 Å². The molecule has 0 N–H and O–H groups in total. The second-order valence-electron chi connectivity index (χ2n) is 4.91. The summed E-state index contributed by atoms with van der Waals surface area (Å²) in [5.74, 6) is 4.11. The summed E-state index contributed by atoms with van der Waals surface area (Å²) >= 11 is 0. The molecule has 4 atom stereocenters. The van der Waals surface area contributed by atoms with Gasteiger partial charge in [0.15, 0.2) is 0 Å². The third-order valence-corrected chi connectivity index (χ3v) is 4.16. The SMILES string of the molecule is BC1CC(CCC)C(CC)C1CC. The van der Waals surface area contributed by atoms with E-state index in [9.17, 15) is 0 Å². The van der Waals surface area contributed by atoms with Gasteiger partial charge in [-0.05, 0) is 17.8 Å². The summed E-state index contributed by atoms with van der Waals surface area (Å²) < 4.78 is 0. The van der Waals surface area contributed by atoms with E-state index in [4.69, 9.17) is 0 Å². The predicted molar refractivity (Wildman–Crippen MR) is 62.9 cm³/mol. The minimum Gasteiger partial charge on any atom is -0.0664 e. The number of rotatable bonds is 4. The molecule has 0 bridgehead atoms. The van der Waals surface area contributed by atoms with Gasteiger partial charge in [-0.1, -0.05) is 58.7 Å². The van der Waals surface area contributed by atoms with E-state index in [2.05, 4.69) is 28.6 Å². The molecule has 0 nitrogen and oxygen atoms in total. The van der Waals surface area contributed by atoms with Crippen LogP contribution in [0.5, 0.6) is 0 Å². The van der Waals surface area contributed by atoms with Gasteiger partial charge in [-0.15, -0.1) is 0 Å². The van der Waals surface area contributed by atoms with Crippen molar-refractivity contribution in [2.45, 2.75) is 58.7 Å². The van der Waals surface area contributed by atoms with E-state index in [1.165, 1.54) is 32.1 Å². The molecule has 0 radical (unpaired) electrons. The summed E-state index contributed by atoms with van der Waals surface area (Å²) in [5.41, 5.74) is 0. The minimum atomic E-state index is 0.992. The van der Waals surface area contributed by atoms with Gasteiger partial charge in [-0.2, -0.15) is 0 Å². The van der Waals surface area contributed by atoms with Crippen LogP contribution < -0.4 is 0 Å². The summed E-state index contributed by atoms with van der Waals surface area (Å²) in [4.78, 5) is 0. The molecule has 0 spiro atoms. The Labute approximate surface area is 84.9 Å². The lowest BCUT2D eigenvalue weighted by Gasteiger charge is -2.23. The molecule has 1 aliphatic carbocycles. The average molecular weight is 180 g/mol. The number of hydrogen-bond donors (Lipinski definition) is 0. The summed E-state index contributed by atoms with van der Waals surface area (Å²) in [5, 5.41) is 0. The first kappa shape index (κ1) is 11.1. The Bertz CT molecular complexity index is 144. The maximum Gasteiger partial charge on any atom is 0.105 e. The Kier molecular flexibility index (Phi) is 4.35. The van der Waals surface area contributed by atoms with Crippen LogP contribution in [0.2, 0.25) is 5.82 Å². The van der Waals surface area contributed by atoms with Gasteiger partial charge in [0, 0.05) is 0 Å². The monoisotopic (exact) mass is 180 g/mol. The van der Waals surface area contributed by atoms with Gasteiger partial charge >= 0.3 is 0 Å². The fourth-order valence-corrected chi connectivity index (χ4v) is 3.64. The van der Waals surface area contributed by atoms with Crippen molar-refractivity contribution in [3.8, 4) is 0 Å². The normalized spacial score (nSPS) is 39.6.